The predicted octanol–water partition coefficient (Wildman–Crippen LogP) is 3.08. The minimum Gasteiger partial charge on any atom is -0.352 e. The number of amides is 1. The maximum Gasteiger partial charge on any atom is 0.223 e. The van der Waals surface area contributed by atoms with Gasteiger partial charge in [-0.2, -0.15) is 0 Å². The van der Waals surface area contributed by atoms with Crippen molar-refractivity contribution in [1.82, 2.24) is 5.32 Å². The van der Waals surface area contributed by atoms with Gasteiger partial charge in [0.2, 0.25) is 5.91 Å². The quantitative estimate of drug-likeness (QED) is 0.745. The number of carbonyl (C=O) groups excluding carboxylic acids is 1. The molecule has 1 aliphatic rings. The number of rotatable bonds is 7. The van der Waals surface area contributed by atoms with Gasteiger partial charge in [-0.1, -0.05) is 52.9 Å². The van der Waals surface area contributed by atoms with Gasteiger partial charge in [-0.15, -0.1) is 0 Å². The minimum absolute atomic E-state index is 0.129. The molecule has 3 heteroatoms. The molecule has 1 saturated carbocycles. The summed E-state index contributed by atoms with van der Waals surface area (Å²) in [5.74, 6) is 1.66. The Balaban J connectivity index is 2.33. The van der Waals surface area contributed by atoms with Crippen LogP contribution in [0.5, 0.6) is 0 Å². The van der Waals surface area contributed by atoms with Crippen LogP contribution in [0.3, 0.4) is 0 Å². The Morgan fingerprint density at radius 2 is 1.84 bits per heavy atom. The van der Waals surface area contributed by atoms with E-state index in [1.54, 1.807) is 0 Å². The Morgan fingerprint density at radius 3 is 2.37 bits per heavy atom. The van der Waals surface area contributed by atoms with Gasteiger partial charge in [0.05, 0.1) is 0 Å². The highest BCUT2D eigenvalue weighted by molar-refractivity contribution is 5.78. The van der Waals surface area contributed by atoms with E-state index in [4.69, 9.17) is 5.73 Å². The maximum absolute atomic E-state index is 12.2. The largest absolute Gasteiger partial charge is 0.352 e. The molecule has 0 aromatic heterocycles. The first-order chi connectivity index (χ1) is 9.02. The zero-order valence-electron chi connectivity index (χ0n) is 13.0. The van der Waals surface area contributed by atoms with Crippen LogP contribution in [0.2, 0.25) is 0 Å². The van der Waals surface area contributed by atoms with Crippen LogP contribution in [0.1, 0.15) is 65.7 Å². The summed E-state index contributed by atoms with van der Waals surface area (Å²) in [6, 6.07) is 0.140. The first kappa shape index (κ1) is 16.5. The summed E-state index contributed by atoms with van der Waals surface area (Å²) in [5.41, 5.74) is 5.74. The highest BCUT2D eigenvalue weighted by Gasteiger charge is 2.22. The lowest BCUT2D eigenvalue weighted by molar-refractivity contribution is -0.125. The van der Waals surface area contributed by atoms with Crippen molar-refractivity contribution < 1.29 is 4.79 Å². The summed E-state index contributed by atoms with van der Waals surface area (Å²) in [5, 5.41) is 3.12. The van der Waals surface area contributed by atoms with E-state index in [-0.39, 0.29) is 17.9 Å². The average molecular weight is 268 g/mol. The number of hydrogen-bond acceptors (Lipinski definition) is 2. The smallest absolute Gasteiger partial charge is 0.223 e. The Kier molecular flexibility index (Phi) is 7.44. The van der Waals surface area contributed by atoms with Crippen molar-refractivity contribution in [3.8, 4) is 0 Å². The third-order valence-electron chi connectivity index (χ3n) is 4.25. The molecule has 0 radical (unpaired) electrons. The monoisotopic (exact) mass is 268 g/mol. The van der Waals surface area contributed by atoms with Crippen molar-refractivity contribution in [2.24, 2.45) is 23.5 Å². The number of carbonyl (C=O) groups is 1. The van der Waals surface area contributed by atoms with Gasteiger partial charge in [-0.05, 0) is 24.7 Å². The first-order valence-corrected chi connectivity index (χ1v) is 8.03. The van der Waals surface area contributed by atoms with Crippen LogP contribution >= 0.6 is 0 Å². The Labute approximate surface area is 118 Å². The fraction of sp³-hybridized carbons (Fsp3) is 0.938. The zero-order valence-corrected chi connectivity index (χ0v) is 13.0. The number of nitrogens with two attached hydrogens (primary N) is 1. The standard InChI is InChI=1S/C16H32N2O/c1-12(2)9-15(11-17)18-16(19)13(3)10-14-7-5-4-6-8-14/h12-15H,4-11,17H2,1-3H3,(H,18,19). The molecule has 1 fully saturated rings. The van der Waals surface area contributed by atoms with E-state index < -0.39 is 0 Å². The Morgan fingerprint density at radius 1 is 1.21 bits per heavy atom. The van der Waals surface area contributed by atoms with Crippen LogP contribution in [0.15, 0.2) is 0 Å². The normalized spacial score (nSPS) is 20.3. The van der Waals surface area contributed by atoms with Crippen LogP contribution in [-0.4, -0.2) is 18.5 Å². The van der Waals surface area contributed by atoms with Crippen LogP contribution in [-0.2, 0) is 4.79 Å². The van der Waals surface area contributed by atoms with Gasteiger partial charge in [0.25, 0.3) is 0 Å². The van der Waals surface area contributed by atoms with Crippen molar-refractivity contribution in [2.45, 2.75) is 71.8 Å². The molecule has 3 nitrogen and oxygen atoms in total. The van der Waals surface area contributed by atoms with Crippen LogP contribution in [0.4, 0.5) is 0 Å². The average Bonchev–Trinajstić information content (AvgIpc) is 2.38. The van der Waals surface area contributed by atoms with Crippen molar-refractivity contribution >= 4 is 5.91 Å². The molecule has 2 atom stereocenters. The second kappa shape index (κ2) is 8.57. The maximum atomic E-state index is 12.2. The van der Waals surface area contributed by atoms with Gasteiger partial charge in [0, 0.05) is 18.5 Å². The molecule has 0 saturated heterocycles. The first-order valence-electron chi connectivity index (χ1n) is 8.03. The van der Waals surface area contributed by atoms with Crippen LogP contribution in [0, 0.1) is 17.8 Å². The second-order valence-corrected chi connectivity index (χ2v) is 6.71. The van der Waals surface area contributed by atoms with E-state index in [9.17, 15) is 4.79 Å². The van der Waals surface area contributed by atoms with Gasteiger partial charge >= 0.3 is 0 Å². The van der Waals surface area contributed by atoms with E-state index >= 15 is 0 Å². The molecule has 0 spiro atoms. The third-order valence-corrected chi connectivity index (χ3v) is 4.25. The molecular formula is C16H32N2O. The summed E-state index contributed by atoms with van der Waals surface area (Å²) in [4.78, 5) is 12.2. The second-order valence-electron chi connectivity index (χ2n) is 6.71. The summed E-state index contributed by atoms with van der Waals surface area (Å²) < 4.78 is 0. The molecule has 0 bridgehead atoms. The van der Waals surface area contributed by atoms with Gasteiger partial charge < -0.3 is 11.1 Å². The van der Waals surface area contributed by atoms with E-state index in [0.717, 1.165) is 18.8 Å². The van der Waals surface area contributed by atoms with Crippen molar-refractivity contribution in [1.29, 1.82) is 0 Å². The molecule has 1 amide bonds. The fourth-order valence-corrected chi connectivity index (χ4v) is 3.16. The topological polar surface area (TPSA) is 55.1 Å². The van der Waals surface area contributed by atoms with E-state index in [0.29, 0.717) is 12.5 Å². The summed E-state index contributed by atoms with van der Waals surface area (Å²) >= 11 is 0. The highest BCUT2D eigenvalue weighted by Crippen LogP contribution is 2.29. The molecule has 0 heterocycles. The lowest BCUT2D eigenvalue weighted by atomic mass is 9.83. The highest BCUT2D eigenvalue weighted by atomic mass is 16.1. The third kappa shape index (κ3) is 6.42. The minimum atomic E-state index is 0.129. The lowest BCUT2D eigenvalue weighted by Gasteiger charge is -2.26. The van der Waals surface area contributed by atoms with Crippen molar-refractivity contribution in [2.75, 3.05) is 6.54 Å². The van der Waals surface area contributed by atoms with Crippen molar-refractivity contribution in [3.05, 3.63) is 0 Å². The van der Waals surface area contributed by atoms with E-state index in [2.05, 4.69) is 26.1 Å². The summed E-state index contributed by atoms with van der Waals surface area (Å²) in [7, 11) is 0. The van der Waals surface area contributed by atoms with E-state index in [1.807, 2.05) is 0 Å². The molecule has 0 aromatic rings. The van der Waals surface area contributed by atoms with Gasteiger partial charge in [0.1, 0.15) is 0 Å². The van der Waals surface area contributed by atoms with E-state index in [1.165, 1.54) is 32.1 Å². The van der Waals surface area contributed by atoms with Crippen LogP contribution < -0.4 is 11.1 Å². The molecule has 3 N–H and O–H groups in total. The van der Waals surface area contributed by atoms with Crippen LogP contribution in [0.25, 0.3) is 0 Å². The Bertz CT molecular complexity index is 259. The van der Waals surface area contributed by atoms with Crippen molar-refractivity contribution in [3.63, 3.8) is 0 Å². The summed E-state index contributed by atoms with van der Waals surface area (Å²) in [6.45, 7) is 6.94. The number of nitrogens with one attached hydrogen (secondary N) is 1. The lowest BCUT2D eigenvalue weighted by Crippen LogP contribution is -2.43. The molecular weight excluding hydrogens is 236 g/mol. The summed E-state index contributed by atoms with van der Waals surface area (Å²) in [6.07, 6.45) is 8.70. The molecule has 112 valence electrons. The predicted molar refractivity (Wildman–Crippen MR) is 80.8 cm³/mol. The van der Waals surface area contributed by atoms with Gasteiger partial charge in [-0.25, -0.2) is 0 Å². The molecule has 19 heavy (non-hydrogen) atoms. The molecule has 1 aliphatic carbocycles. The Hall–Kier alpha value is -0.570. The van der Waals surface area contributed by atoms with Gasteiger partial charge in [-0.3, -0.25) is 4.79 Å². The van der Waals surface area contributed by atoms with Gasteiger partial charge in [0.15, 0.2) is 0 Å². The zero-order chi connectivity index (χ0) is 14.3. The molecule has 1 rings (SSSR count). The fourth-order valence-electron chi connectivity index (χ4n) is 3.16. The molecule has 0 aliphatic heterocycles. The molecule has 0 aromatic carbocycles. The molecule has 2 unspecified atom stereocenters. The SMILES string of the molecule is CC(C)CC(CN)NC(=O)C(C)CC1CCCCC1. The number of hydrogen-bond donors (Lipinski definition) is 2.